The number of aryl methyl sites for hydroxylation is 1. The summed E-state index contributed by atoms with van der Waals surface area (Å²) in [4.78, 5) is 25.0. The highest BCUT2D eigenvalue weighted by atomic mass is 16.5. The van der Waals surface area contributed by atoms with Crippen LogP contribution in [-0.2, 0) is 20.7 Å². The molecule has 0 radical (unpaired) electrons. The van der Waals surface area contributed by atoms with Crippen LogP contribution in [0.4, 0.5) is 0 Å². The molecule has 1 amide bonds. The molecule has 176 valence electrons. The number of carbonyl (C=O) groups excluding carboxylic acids is 2. The van der Waals surface area contributed by atoms with Gasteiger partial charge in [-0.1, -0.05) is 66.7 Å². The molecule has 1 N–H and O–H groups in total. The van der Waals surface area contributed by atoms with E-state index in [0.29, 0.717) is 23.5 Å². The van der Waals surface area contributed by atoms with Gasteiger partial charge < -0.3 is 19.5 Å². The molecule has 0 aliphatic heterocycles. The van der Waals surface area contributed by atoms with Gasteiger partial charge in [-0.2, -0.15) is 0 Å². The van der Waals surface area contributed by atoms with E-state index in [1.165, 1.54) is 6.08 Å². The first-order valence-corrected chi connectivity index (χ1v) is 11.1. The number of hydrogen-bond acceptors (Lipinski definition) is 5. The molecular weight excluding hydrogens is 430 g/mol. The van der Waals surface area contributed by atoms with Gasteiger partial charge in [0.1, 0.15) is 6.10 Å². The quantitative estimate of drug-likeness (QED) is 0.331. The van der Waals surface area contributed by atoms with E-state index in [-0.39, 0.29) is 24.8 Å². The molecule has 34 heavy (non-hydrogen) atoms. The second kappa shape index (κ2) is 12.8. The minimum Gasteiger partial charge on any atom is -0.493 e. The molecule has 6 heteroatoms. The second-order valence-corrected chi connectivity index (χ2v) is 7.57. The predicted octanol–water partition coefficient (Wildman–Crippen LogP) is 4.75. The number of amides is 1. The predicted molar refractivity (Wildman–Crippen MR) is 132 cm³/mol. The van der Waals surface area contributed by atoms with Crippen LogP contribution in [0.3, 0.4) is 0 Å². The van der Waals surface area contributed by atoms with E-state index in [9.17, 15) is 9.59 Å². The van der Waals surface area contributed by atoms with E-state index >= 15 is 0 Å². The fourth-order valence-corrected chi connectivity index (χ4v) is 3.38. The van der Waals surface area contributed by atoms with Gasteiger partial charge in [0.15, 0.2) is 11.5 Å². The number of rotatable bonds is 11. The lowest BCUT2D eigenvalue weighted by atomic mass is 10.1. The SMILES string of the molecule is COc1ccc([C@@H](CNC(=O)/C=C/c2ccccc2)OC(=O)CCc2ccccc2)cc1OC. The molecule has 0 aliphatic rings. The molecule has 0 saturated heterocycles. The molecule has 0 aromatic heterocycles. The second-order valence-electron chi connectivity index (χ2n) is 7.57. The van der Waals surface area contributed by atoms with Crippen molar-refractivity contribution >= 4 is 18.0 Å². The summed E-state index contributed by atoms with van der Waals surface area (Å²) in [6.45, 7) is 0.116. The van der Waals surface area contributed by atoms with E-state index in [2.05, 4.69) is 5.32 Å². The van der Waals surface area contributed by atoms with Crippen LogP contribution in [0, 0.1) is 0 Å². The molecular formula is C28H29NO5. The van der Waals surface area contributed by atoms with Crippen molar-refractivity contribution in [3.63, 3.8) is 0 Å². The average Bonchev–Trinajstić information content (AvgIpc) is 2.89. The number of carbonyl (C=O) groups is 2. The summed E-state index contributed by atoms with van der Waals surface area (Å²) in [5, 5.41) is 2.82. The molecule has 3 aromatic carbocycles. The third-order valence-electron chi connectivity index (χ3n) is 5.20. The van der Waals surface area contributed by atoms with Crippen molar-refractivity contribution in [3.8, 4) is 11.5 Å². The highest BCUT2D eigenvalue weighted by Gasteiger charge is 2.19. The van der Waals surface area contributed by atoms with Crippen LogP contribution < -0.4 is 14.8 Å². The van der Waals surface area contributed by atoms with E-state index in [4.69, 9.17) is 14.2 Å². The zero-order chi connectivity index (χ0) is 24.2. The standard InChI is InChI=1S/C28H29NO5/c1-32-24-16-15-23(19-25(24)33-2)26(34-28(31)18-14-22-11-7-4-8-12-22)20-29-27(30)17-13-21-9-5-3-6-10-21/h3-13,15-17,19,26H,14,18,20H2,1-2H3,(H,29,30)/b17-13+/t26-/m1/s1. The Hall–Kier alpha value is -4.06. The number of benzene rings is 3. The maximum absolute atomic E-state index is 12.6. The topological polar surface area (TPSA) is 73.9 Å². The van der Waals surface area contributed by atoms with Gasteiger partial charge in [0.05, 0.1) is 20.8 Å². The van der Waals surface area contributed by atoms with Crippen LogP contribution >= 0.6 is 0 Å². The summed E-state index contributed by atoms with van der Waals surface area (Å²) < 4.78 is 16.5. The fourth-order valence-electron chi connectivity index (χ4n) is 3.38. The summed E-state index contributed by atoms with van der Waals surface area (Å²) >= 11 is 0. The van der Waals surface area contributed by atoms with Gasteiger partial charge >= 0.3 is 5.97 Å². The molecule has 0 bridgehead atoms. The Morgan fingerprint density at radius 1 is 0.882 bits per heavy atom. The lowest BCUT2D eigenvalue weighted by Gasteiger charge is -2.20. The first kappa shape index (κ1) is 24.6. The van der Waals surface area contributed by atoms with E-state index in [1.54, 1.807) is 38.5 Å². The maximum atomic E-state index is 12.6. The normalized spacial score (nSPS) is 11.6. The third kappa shape index (κ3) is 7.52. The molecule has 0 heterocycles. The first-order chi connectivity index (χ1) is 16.6. The smallest absolute Gasteiger partial charge is 0.306 e. The van der Waals surface area contributed by atoms with Crippen molar-refractivity contribution in [3.05, 3.63) is 102 Å². The molecule has 6 nitrogen and oxygen atoms in total. The minimum absolute atomic E-state index is 0.116. The van der Waals surface area contributed by atoms with Gasteiger partial charge in [-0.15, -0.1) is 0 Å². The Morgan fingerprint density at radius 2 is 1.56 bits per heavy atom. The monoisotopic (exact) mass is 459 g/mol. The van der Waals surface area contributed by atoms with E-state index in [1.807, 2.05) is 60.7 Å². The summed E-state index contributed by atoms with van der Waals surface area (Å²) in [7, 11) is 3.09. The Morgan fingerprint density at radius 3 is 2.24 bits per heavy atom. The lowest BCUT2D eigenvalue weighted by molar-refractivity contribution is -0.149. The molecule has 0 unspecified atom stereocenters. The molecule has 0 aliphatic carbocycles. The number of hydrogen-bond donors (Lipinski definition) is 1. The number of ether oxygens (including phenoxy) is 3. The van der Waals surface area contributed by atoms with Crippen molar-refractivity contribution in [1.29, 1.82) is 0 Å². The molecule has 0 fully saturated rings. The van der Waals surface area contributed by atoms with Crippen LogP contribution in [-0.4, -0.2) is 32.6 Å². The maximum Gasteiger partial charge on any atom is 0.306 e. The third-order valence-corrected chi connectivity index (χ3v) is 5.20. The van der Waals surface area contributed by atoms with E-state index < -0.39 is 6.10 Å². The molecule has 0 saturated carbocycles. The summed E-state index contributed by atoms with van der Waals surface area (Å²) in [6, 6.07) is 24.6. The van der Waals surface area contributed by atoms with Crippen molar-refractivity contribution in [2.75, 3.05) is 20.8 Å². The summed E-state index contributed by atoms with van der Waals surface area (Å²) in [5.74, 6) is 0.447. The number of methoxy groups -OCH3 is 2. The Balaban J connectivity index is 1.68. The van der Waals surface area contributed by atoms with Gasteiger partial charge in [0.2, 0.25) is 5.91 Å². The van der Waals surface area contributed by atoms with Crippen LogP contribution in [0.2, 0.25) is 0 Å². The van der Waals surface area contributed by atoms with Gasteiger partial charge in [0, 0.05) is 12.5 Å². The van der Waals surface area contributed by atoms with Crippen LogP contribution in [0.1, 0.15) is 29.2 Å². The van der Waals surface area contributed by atoms with Crippen LogP contribution in [0.5, 0.6) is 11.5 Å². The van der Waals surface area contributed by atoms with Crippen molar-refractivity contribution < 1.29 is 23.8 Å². The fraction of sp³-hybridized carbons (Fsp3) is 0.214. The van der Waals surface area contributed by atoms with Gasteiger partial charge in [-0.05, 0) is 41.3 Å². The van der Waals surface area contributed by atoms with Crippen LogP contribution in [0.15, 0.2) is 84.9 Å². The minimum atomic E-state index is -0.683. The molecule has 1 atom stereocenters. The highest BCUT2D eigenvalue weighted by Crippen LogP contribution is 2.31. The Kier molecular flexibility index (Phi) is 9.29. The Labute approximate surface area is 200 Å². The van der Waals surface area contributed by atoms with Gasteiger partial charge in [0.25, 0.3) is 0 Å². The molecule has 3 aromatic rings. The first-order valence-electron chi connectivity index (χ1n) is 11.1. The van der Waals surface area contributed by atoms with Gasteiger partial charge in [-0.25, -0.2) is 0 Å². The lowest BCUT2D eigenvalue weighted by Crippen LogP contribution is -2.29. The number of esters is 1. The zero-order valence-electron chi connectivity index (χ0n) is 19.4. The van der Waals surface area contributed by atoms with E-state index in [0.717, 1.165) is 11.1 Å². The van der Waals surface area contributed by atoms with Crippen LogP contribution in [0.25, 0.3) is 6.08 Å². The zero-order valence-corrected chi connectivity index (χ0v) is 19.4. The summed E-state index contributed by atoms with van der Waals surface area (Å²) in [5.41, 5.74) is 2.67. The van der Waals surface area contributed by atoms with Gasteiger partial charge in [-0.3, -0.25) is 9.59 Å². The Bertz CT molecular complexity index is 1100. The summed E-state index contributed by atoms with van der Waals surface area (Å²) in [6.07, 6.45) is 3.31. The van der Waals surface area contributed by atoms with Crippen molar-refractivity contribution in [1.82, 2.24) is 5.32 Å². The largest absolute Gasteiger partial charge is 0.493 e. The van der Waals surface area contributed by atoms with Crippen molar-refractivity contribution in [2.24, 2.45) is 0 Å². The average molecular weight is 460 g/mol. The molecule has 0 spiro atoms. The molecule has 3 rings (SSSR count). The highest BCUT2D eigenvalue weighted by molar-refractivity contribution is 5.91. The number of nitrogens with one attached hydrogen (secondary N) is 1. The van der Waals surface area contributed by atoms with Crippen molar-refractivity contribution in [2.45, 2.75) is 18.9 Å².